The smallest absolute Gasteiger partial charge is 0.289 e. The summed E-state index contributed by atoms with van der Waals surface area (Å²) >= 11 is 5.58. The molecule has 1 rings (SSSR count). The highest BCUT2D eigenvalue weighted by atomic mass is 35.5. The van der Waals surface area contributed by atoms with Crippen LogP contribution in [-0.4, -0.2) is 20.9 Å². The molecule has 0 bridgehead atoms. The Morgan fingerprint density at radius 2 is 1.73 bits per heavy atom. The lowest BCUT2D eigenvalue weighted by Gasteiger charge is -2.20. The third-order valence-electron chi connectivity index (χ3n) is 2.06. The molecule has 3 nitrogen and oxygen atoms in total. The predicted molar refractivity (Wildman–Crippen MR) is 49.9 cm³/mol. The summed E-state index contributed by atoms with van der Waals surface area (Å²) in [6.45, 7) is 4.50. The molecule has 0 aliphatic carbocycles. The van der Waals surface area contributed by atoms with E-state index in [-0.39, 0.29) is 17.0 Å². The van der Waals surface area contributed by atoms with Crippen LogP contribution in [0.1, 0.15) is 38.6 Å². The van der Waals surface area contributed by atoms with E-state index in [0.717, 1.165) is 11.5 Å². The first kappa shape index (κ1) is 12.3. The molecule has 0 fully saturated rings. The van der Waals surface area contributed by atoms with Crippen molar-refractivity contribution in [2.45, 2.75) is 38.9 Å². The molecule has 15 heavy (non-hydrogen) atoms. The average molecular weight is 242 g/mol. The quantitative estimate of drug-likeness (QED) is 0.796. The van der Waals surface area contributed by atoms with Gasteiger partial charge in [0.05, 0.1) is 0 Å². The van der Waals surface area contributed by atoms with Crippen molar-refractivity contribution in [2.75, 3.05) is 0 Å². The standard InChI is InChI=1S/C8H11ClF3N3/c1-4(2)6-13-14-7(9)15(6)5(3)8(10,11)12/h4-5H,1-3H3. The molecule has 0 aliphatic heterocycles. The van der Waals surface area contributed by atoms with Crippen LogP contribution in [0, 0.1) is 0 Å². The minimum atomic E-state index is -4.35. The van der Waals surface area contributed by atoms with Crippen LogP contribution < -0.4 is 0 Å². The number of aromatic nitrogens is 3. The van der Waals surface area contributed by atoms with Gasteiger partial charge in [-0.1, -0.05) is 13.8 Å². The van der Waals surface area contributed by atoms with Crippen LogP contribution in [0.15, 0.2) is 0 Å². The fraction of sp³-hybridized carbons (Fsp3) is 0.750. The first-order valence-electron chi connectivity index (χ1n) is 4.42. The van der Waals surface area contributed by atoms with E-state index in [2.05, 4.69) is 10.2 Å². The van der Waals surface area contributed by atoms with Gasteiger partial charge < -0.3 is 0 Å². The van der Waals surface area contributed by atoms with Gasteiger partial charge in [-0.05, 0) is 18.5 Å². The lowest BCUT2D eigenvalue weighted by Crippen LogP contribution is -2.25. The van der Waals surface area contributed by atoms with E-state index in [0.29, 0.717) is 0 Å². The summed E-state index contributed by atoms with van der Waals surface area (Å²) < 4.78 is 38.4. The monoisotopic (exact) mass is 241 g/mol. The van der Waals surface area contributed by atoms with E-state index in [1.807, 2.05) is 0 Å². The maximum absolute atomic E-state index is 12.5. The van der Waals surface area contributed by atoms with Gasteiger partial charge in [0.2, 0.25) is 5.28 Å². The fourth-order valence-corrected chi connectivity index (χ4v) is 1.45. The molecular weight excluding hydrogens is 231 g/mol. The highest BCUT2D eigenvalue weighted by Gasteiger charge is 2.40. The molecule has 0 N–H and O–H groups in total. The topological polar surface area (TPSA) is 30.7 Å². The highest BCUT2D eigenvalue weighted by molar-refractivity contribution is 6.28. The van der Waals surface area contributed by atoms with E-state index in [4.69, 9.17) is 11.6 Å². The van der Waals surface area contributed by atoms with Gasteiger partial charge in [0.25, 0.3) is 0 Å². The van der Waals surface area contributed by atoms with Gasteiger partial charge in [0.1, 0.15) is 11.9 Å². The van der Waals surface area contributed by atoms with Crippen molar-refractivity contribution < 1.29 is 13.2 Å². The Balaban J connectivity index is 3.18. The van der Waals surface area contributed by atoms with Gasteiger partial charge in [-0.2, -0.15) is 13.2 Å². The number of hydrogen-bond acceptors (Lipinski definition) is 2. The van der Waals surface area contributed by atoms with Crippen LogP contribution in [0.4, 0.5) is 13.2 Å². The summed E-state index contributed by atoms with van der Waals surface area (Å²) in [5, 5.41) is 6.85. The van der Waals surface area contributed by atoms with Crippen molar-refractivity contribution in [2.24, 2.45) is 0 Å². The van der Waals surface area contributed by atoms with E-state index < -0.39 is 12.2 Å². The van der Waals surface area contributed by atoms with Gasteiger partial charge in [-0.3, -0.25) is 4.57 Å². The minimum Gasteiger partial charge on any atom is -0.289 e. The second-order valence-corrected chi connectivity index (χ2v) is 3.91. The third kappa shape index (κ3) is 2.42. The van der Waals surface area contributed by atoms with E-state index >= 15 is 0 Å². The van der Waals surface area contributed by atoms with Crippen molar-refractivity contribution >= 4 is 11.6 Å². The second-order valence-electron chi connectivity index (χ2n) is 3.57. The molecule has 7 heteroatoms. The van der Waals surface area contributed by atoms with Crippen molar-refractivity contribution in [3.05, 3.63) is 11.1 Å². The molecule has 0 saturated carbocycles. The molecule has 0 radical (unpaired) electrons. The Morgan fingerprint density at radius 1 is 1.20 bits per heavy atom. The third-order valence-corrected chi connectivity index (χ3v) is 2.32. The zero-order chi connectivity index (χ0) is 11.8. The van der Waals surface area contributed by atoms with Crippen LogP contribution in [0.5, 0.6) is 0 Å². The minimum absolute atomic E-state index is 0.158. The van der Waals surface area contributed by atoms with Gasteiger partial charge in [-0.25, -0.2) is 0 Å². The molecule has 0 spiro atoms. The van der Waals surface area contributed by atoms with Gasteiger partial charge in [0, 0.05) is 5.92 Å². The average Bonchev–Trinajstić information content (AvgIpc) is 2.44. The highest BCUT2D eigenvalue weighted by Crippen LogP contribution is 2.34. The molecule has 1 atom stereocenters. The molecule has 1 aromatic rings. The van der Waals surface area contributed by atoms with E-state index in [9.17, 15) is 13.2 Å². The number of hydrogen-bond donors (Lipinski definition) is 0. The summed E-state index contributed by atoms with van der Waals surface area (Å²) in [5.41, 5.74) is 0. The SMILES string of the molecule is CC(C)c1nnc(Cl)n1C(C)C(F)(F)F. The maximum atomic E-state index is 12.5. The van der Waals surface area contributed by atoms with Crippen molar-refractivity contribution in [3.63, 3.8) is 0 Å². The maximum Gasteiger partial charge on any atom is 0.408 e. The first-order valence-corrected chi connectivity index (χ1v) is 4.80. The van der Waals surface area contributed by atoms with Crippen LogP contribution in [-0.2, 0) is 0 Å². The van der Waals surface area contributed by atoms with E-state index in [1.54, 1.807) is 13.8 Å². The summed E-state index contributed by atoms with van der Waals surface area (Å²) in [4.78, 5) is 0. The molecule has 1 unspecified atom stereocenters. The Bertz CT molecular complexity index is 345. The lowest BCUT2D eigenvalue weighted by atomic mass is 10.2. The largest absolute Gasteiger partial charge is 0.408 e. The summed E-state index contributed by atoms with van der Waals surface area (Å²) in [6, 6.07) is -1.71. The number of halogens is 4. The molecular formula is C8H11ClF3N3. The molecule has 0 saturated heterocycles. The zero-order valence-corrected chi connectivity index (χ0v) is 9.26. The van der Waals surface area contributed by atoms with Crippen molar-refractivity contribution in [1.29, 1.82) is 0 Å². The fourth-order valence-electron chi connectivity index (χ4n) is 1.18. The van der Waals surface area contributed by atoms with Crippen LogP contribution in [0.3, 0.4) is 0 Å². The Labute approximate surface area is 90.2 Å². The van der Waals surface area contributed by atoms with Gasteiger partial charge in [0.15, 0.2) is 0 Å². The lowest BCUT2D eigenvalue weighted by molar-refractivity contribution is -0.163. The molecule has 1 aromatic heterocycles. The normalized spacial score (nSPS) is 14.7. The molecule has 0 amide bonds. The predicted octanol–water partition coefficient (Wildman–Crippen LogP) is 3.18. The van der Waals surface area contributed by atoms with Crippen molar-refractivity contribution in [3.8, 4) is 0 Å². The zero-order valence-electron chi connectivity index (χ0n) is 8.51. The number of alkyl halides is 3. The summed E-state index contributed by atoms with van der Waals surface area (Å²) in [5.74, 6) is 0.0830. The Morgan fingerprint density at radius 3 is 2.13 bits per heavy atom. The summed E-state index contributed by atoms with van der Waals surface area (Å²) in [7, 11) is 0. The van der Waals surface area contributed by atoms with E-state index in [1.165, 1.54) is 0 Å². The van der Waals surface area contributed by atoms with Crippen molar-refractivity contribution in [1.82, 2.24) is 14.8 Å². The summed E-state index contributed by atoms with van der Waals surface area (Å²) in [6.07, 6.45) is -4.35. The number of rotatable bonds is 2. The van der Waals surface area contributed by atoms with Gasteiger partial charge >= 0.3 is 6.18 Å². The second kappa shape index (κ2) is 4.00. The molecule has 0 aliphatic rings. The molecule has 86 valence electrons. The van der Waals surface area contributed by atoms with Gasteiger partial charge in [-0.15, -0.1) is 10.2 Å². The Hall–Kier alpha value is -0.780. The molecule has 1 heterocycles. The Kier molecular flexibility index (Phi) is 3.28. The van der Waals surface area contributed by atoms with Crippen LogP contribution >= 0.6 is 11.6 Å². The van der Waals surface area contributed by atoms with Crippen LogP contribution in [0.2, 0.25) is 5.28 Å². The molecule has 0 aromatic carbocycles. The number of nitrogens with zero attached hydrogens (tertiary/aromatic N) is 3. The first-order chi connectivity index (χ1) is 6.75. The van der Waals surface area contributed by atoms with Crippen LogP contribution in [0.25, 0.3) is 0 Å².